The molecule has 1 saturated heterocycles. The molecule has 0 radical (unpaired) electrons. The first kappa shape index (κ1) is 12.0. The summed E-state index contributed by atoms with van der Waals surface area (Å²) in [5.74, 6) is 0.683. The van der Waals surface area contributed by atoms with Gasteiger partial charge in [0, 0.05) is 23.0 Å². The van der Waals surface area contributed by atoms with Gasteiger partial charge in [-0.05, 0) is 46.3 Å². The summed E-state index contributed by atoms with van der Waals surface area (Å²) in [7, 11) is 2.19. The third-order valence-electron chi connectivity index (χ3n) is 3.16. The molecule has 4 heteroatoms. The van der Waals surface area contributed by atoms with Gasteiger partial charge in [0.15, 0.2) is 0 Å². The Balaban J connectivity index is 1.96. The van der Waals surface area contributed by atoms with Crippen molar-refractivity contribution in [2.45, 2.75) is 38.1 Å². The molecule has 0 aliphatic carbocycles. The molecule has 0 amide bonds. The van der Waals surface area contributed by atoms with Gasteiger partial charge >= 0.3 is 0 Å². The summed E-state index contributed by atoms with van der Waals surface area (Å²) in [6.45, 7) is 4.45. The van der Waals surface area contributed by atoms with Crippen LogP contribution in [0.4, 0.5) is 0 Å². The van der Waals surface area contributed by atoms with Gasteiger partial charge in [-0.25, -0.2) is 4.98 Å². The highest BCUT2D eigenvalue weighted by molar-refractivity contribution is 7.11. The average molecular weight is 239 g/mol. The smallest absolute Gasteiger partial charge is 0.0959 e. The average Bonchev–Trinajstić information content (AvgIpc) is 2.66. The monoisotopic (exact) mass is 239 g/mol. The van der Waals surface area contributed by atoms with Gasteiger partial charge in [0.1, 0.15) is 0 Å². The van der Waals surface area contributed by atoms with Crippen molar-refractivity contribution in [3.63, 3.8) is 0 Å². The molecule has 0 saturated carbocycles. The molecule has 1 fully saturated rings. The molecule has 90 valence electrons. The second-order valence-corrected chi connectivity index (χ2v) is 6.07. The molecule has 0 aromatic carbocycles. The third-order valence-corrected chi connectivity index (χ3v) is 4.34. The van der Waals surface area contributed by atoms with Gasteiger partial charge in [-0.3, -0.25) is 0 Å². The number of piperidine rings is 1. The summed E-state index contributed by atoms with van der Waals surface area (Å²) >= 11 is 1.86. The van der Waals surface area contributed by atoms with Crippen LogP contribution in [0.1, 0.15) is 35.6 Å². The van der Waals surface area contributed by atoms with Crippen molar-refractivity contribution >= 4 is 11.3 Å². The number of thiazole rings is 1. The molecule has 3 nitrogen and oxygen atoms in total. The zero-order valence-corrected chi connectivity index (χ0v) is 11.0. The van der Waals surface area contributed by atoms with E-state index >= 15 is 0 Å². The molecule has 1 aromatic heterocycles. The summed E-state index contributed by atoms with van der Waals surface area (Å²) in [4.78, 5) is 8.30. The van der Waals surface area contributed by atoms with Crippen LogP contribution in [-0.2, 0) is 6.42 Å². The molecule has 1 aliphatic heterocycles. The molecule has 0 bridgehead atoms. The number of nitrogens with zero attached hydrogens (tertiary/aromatic N) is 2. The summed E-state index contributed by atoms with van der Waals surface area (Å²) in [5.41, 5.74) is 5.80. The van der Waals surface area contributed by atoms with Gasteiger partial charge in [-0.1, -0.05) is 0 Å². The summed E-state index contributed by atoms with van der Waals surface area (Å²) in [6, 6.07) is 0.241. The highest BCUT2D eigenvalue weighted by Gasteiger charge is 2.21. The molecular weight excluding hydrogens is 218 g/mol. The van der Waals surface area contributed by atoms with E-state index in [-0.39, 0.29) is 6.04 Å². The maximum absolute atomic E-state index is 5.80. The van der Waals surface area contributed by atoms with Crippen LogP contribution in [-0.4, -0.2) is 36.1 Å². The van der Waals surface area contributed by atoms with Crippen LogP contribution in [0.2, 0.25) is 0 Å². The van der Waals surface area contributed by atoms with Crippen LogP contribution in [0.3, 0.4) is 0 Å². The van der Waals surface area contributed by atoms with E-state index in [4.69, 9.17) is 5.73 Å². The number of aromatic nitrogens is 1. The molecule has 2 N–H and O–H groups in total. The van der Waals surface area contributed by atoms with Crippen LogP contribution in [0, 0.1) is 0 Å². The lowest BCUT2D eigenvalue weighted by Gasteiger charge is -2.27. The molecular formula is C12H21N3S. The molecule has 2 heterocycles. The zero-order chi connectivity index (χ0) is 11.5. The quantitative estimate of drug-likeness (QED) is 0.875. The second kappa shape index (κ2) is 5.25. The van der Waals surface area contributed by atoms with Crippen LogP contribution >= 0.6 is 11.3 Å². The van der Waals surface area contributed by atoms with Gasteiger partial charge in [-0.2, -0.15) is 0 Å². The number of hydrogen-bond donors (Lipinski definition) is 1. The van der Waals surface area contributed by atoms with E-state index < -0.39 is 0 Å². The molecule has 1 unspecified atom stereocenters. The molecule has 1 aliphatic rings. The first-order chi connectivity index (χ1) is 7.65. The topological polar surface area (TPSA) is 42.1 Å². The lowest BCUT2D eigenvalue weighted by atomic mass is 9.98. The van der Waals surface area contributed by atoms with Crippen molar-refractivity contribution in [1.82, 2.24) is 9.88 Å². The van der Waals surface area contributed by atoms with Gasteiger partial charge < -0.3 is 10.6 Å². The number of nitrogens with two attached hydrogens (primary N) is 1. The van der Waals surface area contributed by atoms with Crippen molar-refractivity contribution in [2.75, 3.05) is 20.1 Å². The third kappa shape index (κ3) is 3.03. The van der Waals surface area contributed by atoms with Gasteiger partial charge in [0.2, 0.25) is 0 Å². The normalized spacial score (nSPS) is 21.2. The Morgan fingerprint density at radius 1 is 1.56 bits per heavy atom. The van der Waals surface area contributed by atoms with E-state index in [1.165, 1.54) is 35.8 Å². The van der Waals surface area contributed by atoms with Gasteiger partial charge in [-0.15, -0.1) is 11.3 Å². The minimum Gasteiger partial charge on any atom is -0.328 e. The Kier molecular flexibility index (Phi) is 3.95. The van der Waals surface area contributed by atoms with E-state index in [1.54, 1.807) is 0 Å². The van der Waals surface area contributed by atoms with Crippen LogP contribution in [0.25, 0.3) is 0 Å². The molecule has 2 rings (SSSR count). The Hall–Kier alpha value is -0.450. The van der Waals surface area contributed by atoms with E-state index in [1.807, 2.05) is 17.5 Å². The summed E-state index contributed by atoms with van der Waals surface area (Å²) in [5, 5.41) is 1.32. The van der Waals surface area contributed by atoms with E-state index in [0.29, 0.717) is 5.92 Å². The lowest BCUT2D eigenvalue weighted by molar-refractivity contribution is 0.255. The molecule has 1 aromatic rings. The van der Waals surface area contributed by atoms with Crippen molar-refractivity contribution in [3.8, 4) is 0 Å². The van der Waals surface area contributed by atoms with Gasteiger partial charge in [0.05, 0.1) is 5.01 Å². The highest BCUT2D eigenvalue weighted by atomic mass is 32.1. The first-order valence-corrected chi connectivity index (χ1v) is 6.85. The lowest BCUT2D eigenvalue weighted by Crippen LogP contribution is -2.29. The Morgan fingerprint density at radius 3 is 2.88 bits per heavy atom. The minimum atomic E-state index is 0.241. The van der Waals surface area contributed by atoms with E-state index in [0.717, 1.165) is 6.42 Å². The zero-order valence-electron chi connectivity index (χ0n) is 10.1. The summed E-state index contributed by atoms with van der Waals surface area (Å²) < 4.78 is 0. The van der Waals surface area contributed by atoms with Crippen molar-refractivity contribution in [2.24, 2.45) is 5.73 Å². The van der Waals surface area contributed by atoms with Crippen molar-refractivity contribution < 1.29 is 0 Å². The Labute approximate surface area is 102 Å². The van der Waals surface area contributed by atoms with Crippen LogP contribution in [0.5, 0.6) is 0 Å². The fourth-order valence-corrected chi connectivity index (χ4v) is 3.41. The Bertz CT molecular complexity index is 327. The number of likely N-dealkylation sites (tertiary alicyclic amines) is 1. The minimum absolute atomic E-state index is 0.241. The van der Waals surface area contributed by atoms with Crippen molar-refractivity contribution in [1.29, 1.82) is 0 Å². The first-order valence-electron chi connectivity index (χ1n) is 6.04. The van der Waals surface area contributed by atoms with Crippen LogP contribution in [0.15, 0.2) is 6.20 Å². The maximum Gasteiger partial charge on any atom is 0.0959 e. The van der Waals surface area contributed by atoms with Crippen molar-refractivity contribution in [3.05, 3.63) is 16.1 Å². The van der Waals surface area contributed by atoms with Gasteiger partial charge in [0.25, 0.3) is 0 Å². The second-order valence-electron chi connectivity index (χ2n) is 4.92. The number of hydrogen-bond acceptors (Lipinski definition) is 4. The highest BCUT2D eigenvalue weighted by Crippen LogP contribution is 2.30. The molecule has 0 spiro atoms. The standard InChI is InChI=1S/C12H21N3S/c1-9(13)7-11-8-14-12(16-11)10-3-5-15(2)6-4-10/h8-10H,3-7,13H2,1-2H3. The fourth-order valence-electron chi connectivity index (χ4n) is 2.18. The fraction of sp³-hybridized carbons (Fsp3) is 0.750. The number of rotatable bonds is 3. The van der Waals surface area contributed by atoms with E-state index in [9.17, 15) is 0 Å². The largest absolute Gasteiger partial charge is 0.328 e. The predicted molar refractivity (Wildman–Crippen MR) is 68.9 cm³/mol. The molecule has 16 heavy (non-hydrogen) atoms. The predicted octanol–water partition coefficient (Wildman–Crippen LogP) is 1.84. The molecule has 1 atom stereocenters. The SMILES string of the molecule is CC(N)Cc1cnc(C2CCN(C)CC2)s1. The maximum atomic E-state index is 5.80. The van der Waals surface area contributed by atoms with E-state index in [2.05, 4.69) is 23.9 Å². The Morgan fingerprint density at radius 2 is 2.25 bits per heavy atom. The van der Waals surface area contributed by atoms with Crippen LogP contribution < -0.4 is 5.73 Å². The summed E-state index contributed by atoms with van der Waals surface area (Å²) in [6.07, 6.45) is 5.48.